The molecule has 4 aliphatic rings. The first-order valence-corrected chi connectivity index (χ1v) is 18.9. The number of hydrogen-bond donors (Lipinski definition) is 5. The summed E-state index contributed by atoms with van der Waals surface area (Å²) in [5.74, 6) is 1.83. The van der Waals surface area contributed by atoms with Gasteiger partial charge in [0.25, 0.3) is 5.91 Å². The van der Waals surface area contributed by atoms with Crippen LogP contribution in [0.25, 0.3) is 0 Å². The van der Waals surface area contributed by atoms with Gasteiger partial charge in [-0.25, -0.2) is 10.4 Å². The Morgan fingerprint density at radius 2 is 1.78 bits per heavy atom. The molecular weight excluding hydrogens is 638 g/mol. The fourth-order valence-corrected chi connectivity index (χ4v) is 7.60. The Labute approximate surface area is 306 Å². The molecule has 0 aromatic heterocycles. The average Bonchev–Trinajstić information content (AvgIpc) is 3.57. The zero-order valence-corrected chi connectivity index (χ0v) is 32.5. The maximum atomic E-state index is 13.2. The number of nitrogens with one attached hydrogen (secondary N) is 4. The Hall–Kier alpha value is -3.47. The summed E-state index contributed by atoms with van der Waals surface area (Å²) >= 11 is 0. The van der Waals surface area contributed by atoms with Crippen molar-refractivity contribution < 1.29 is 14.6 Å². The molecule has 1 amide bonds. The fourth-order valence-electron chi connectivity index (χ4n) is 7.60. The number of amidine groups is 1. The summed E-state index contributed by atoms with van der Waals surface area (Å²) in [4.78, 5) is 21.1. The van der Waals surface area contributed by atoms with Crippen molar-refractivity contribution in [3.8, 4) is 5.75 Å². The smallest absolute Gasteiger partial charge is 0.251 e. The summed E-state index contributed by atoms with van der Waals surface area (Å²) in [7, 11) is 0. The number of carbonyl (C=O) groups is 1. The zero-order valence-electron chi connectivity index (χ0n) is 32.5. The van der Waals surface area contributed by atoms with E-state index in [1.54, 1.807) is 0 Å². The first kappa shape index (κ1) is 38.8. The number of rotatable bonds is 11. The van der Waals surface area contributed by atoms with Gasteiger partial charge in [0.15, 0.2) is 12.1 Å². The monoisotopic (exact) mass is 701 g/mol. The third-order valence-electron chi connectivity index (χ3n) is 10.8. The number of hydrazine groups is 2. The molecule has 1 aromatic carbocycles. The van der Waals surface area contributed by atoms with Crippen molar-refractivity contribution in [2.24, 2.45) is 32.3 Å². The number of ether oxygens (including phenoxy) is 1. The summed E-state index contributed by atoms with van der Waals surface area (Å²) in [5.41, 5.74) is 11.5. The molecule has 2 aliphatic carbocycles. The van der Waals surface area contributed by atoms with Crippen LogP contribution >= 0.6 is 0 Å². The van der Waals surface area contributed by atoms with E-state index in [2.05, 4.69) is 112 Å². The number of aliphatic hydroxyl groups is 1. The predicted octanol–water partition coefficient (Wildman–Crippen LogP) is 6.91. The molecule has 0 saturated heterocycles. The molecule has 1 saturated carbocycles. The molecule has 2 aliphatic heterocycles. The lowest BCUT2D eigenvalue weighted by Crippen LogP contribution is -2.56. The number of amides is 1. The topological polar surface area (TPSA) is 123 Å². The number of carbonyl (C=O) groups excluding carboxylic acids is 1. The number of nitrogens with zero attached hydrogens (tertiary/aromatic N) is 3. The van der Waals surface area contributed by atoms with Gasteiger partial charge in [-0.3, -0.25) is 15.2 Å². The van der Waals surface area contributed by atoms with Crippen molar-refractivity contribution >= 4 is 17.5 Å². The summed E-state index contributed by atoms with van der Waals surface area (Å²) in [6.07, 6.45) is 14.5. The highest BCUT2D eigenvalue weighted by atomic mass is 16.5. The van der Waals surface area contributed by atoms with Gasteiger partial charge in [-0.1, -0.05) is 92.7 Å². The number of benzene rings is 1. The molecule has 280 valence electrons. The average molecular weight is 702 g/mol. The van der Waals surface area contributed by atoms with E-state index in [9.17, 15) is 9.90 Å². The molecule has 1 fully saturated rings. The molecule has 5 N–H and O–H groups in total. The maximum Gasteiger partial charge on any atom is 0.251 e. The molecule has 1 unspecified atom stereocenters. The molecule has 0 bridgehead atoms. The van der Waals surface area contributed by atoms with Crippen molar-refractivity contribution in [2.75, 3.05) is 13.2 Å². The maximum absolute atomic E-state index is 13.2. The van der Waals surface area contributed by atoms with Gasteiger partial charge in [0.1, 0.15) is 11.4 Å². The minimum absolute atomic E-state index is 0.0737. The van der Waals surface area contributed by atoms with Crippen molar-refractivity contribution in [1.29, 1.82) is 0 Å². The van der Waals surface area contributed by atoms with Gasteiger partial charge in [-0.2, -0.15) is 0 Å². The molecule has 10 nitrogen and oxygen atoms in total. The van der Waals surface area contributed by atoms with E-state index >= 15 is 0 Å². The van der Waals surface area contributed by atoms with E-state index in [1.165, 1.54) is 5.57 Å². The summed E-state index contributed by atoms with van der Waals surface area (Å²) < 4.78 is 6.22. The molecule has 1 spiro atoms. The van der Waals surface area contributed by atoms with Gasteiger partial charge < -0.3 is 15.2 Å². The second-order valence-corrected chi connectivity index (χ2v) is 18.3. The standard InChI is InChI=1S/C41H63N7O3/c1-38(2,3)21-20-33(28-12-10-13-29(17-16-28)36(49)42-27-34-44-46-47-45-34)48-37(50)35(43-41(48)22-18-31(19-23-41)40(7,8)9)30-14-11-15-32(26-30)51-25-24-39(4,5)6/h10-11,13-17,26,31,33,37,46-47,50H,12,18-25,27H2,1-9H3,(H,42,49)(H,44,45)/t31?,33-,37?,41?/m1/s1. The first-order valence-electron chi connectivity index (χ1n) is 18.9. The van der Waals surface area contributed by atoms with E-state index in [4.69, 9.17) is 9.73 Å². The highest BCUT2D eigenvalue weighted by molar-refractivity contribution is 6.05. The van der Waals surface area contributed by atoms with Gasteiger partial charge in [-0.05, 0) is 97.3 Å². The fraction of sp³-hybridized carbons (Fsp3) is 0.634. The normalized spacial score (nSPS) is 24.9. The summed E-state index contributed by atoms with van der Waals surface area (Å²) in [6.45, 7) is 21.4. The molecule has 0 radical (unpaired) electrons. The molecule has 10 heteroatoms. The van der Waals surface area contributed by atoms with E-state index in [-0.39, 0.29) is 34.7 Å². The molecule has 1 aromatic rings. The van der Waals surface area contributed by atoms with Crippen LogP contribution in [0.15, 0.2) is 69.8 Å². The van der Waals surface area contributed by atoms with Crippen molar-refractivity contribution in [3.05, 3.63) is 65.3 Å². The molecule has 51 heavy (non-hydrogen) atoms. The lowest BCUT2D eigenvalue weighted by atomic mass is 9.69. The second kappa shape index (κ2) is 15.6. The van der Waals surface area contributed by atoms with Gasteiger partial charge in [0, 0.05) is 17.2 Å². The largest absolute Gasteiger partial charge is 0.494 e. The van der Waals surface area contributed by atoms with Crippen LogP contribution in [0.1, 0.15) is 119 Å². The third-order valence-corrected chi connectivity index (χ3v) is 10.8. The highest BCUT2D eigenvalue weighted by Gasteiger charge is 2.53. The molecule has 2 heterocycles. The number of hydrazone groups is 1. The van der Waals surface area contributed by atoms with Crippen LogP contribution in [-0.2, 0) is 4.79 Å². The minimum Gasteiger partial charge on any atom is -0.494 e. The zero-order chi connectivity index (χ0) is 37.0. The van der Waals surface area contributed by atoms with Gasteiger partial charge in [-0.15, -0.1) is 10.6 Å². The molecule has 5 rings (SSSR count). The Bertz CT molecular complexity index is 1550. The van der Waals surface area contributed by atoms with Crippen LogP contribution < -0.4 is 26.5 Å². The summed E-state index contributed by atoms with van der Waals surface area (Å²) in [6, 6.07) is 8.04. The molecule has 2 atom stereocenters. The lowest BCUT2D eigenvalue weighted by Gasteiger charge is -2.49. The molecular formula is C41H63N7O3. The quantitative estimate of drug-likeness (QED) is 0.170. The Balaban J connectivity index is 1.49. The van der Waals surface area contributed by atoms with E-state index < -0.39 is 11.9 Å². The van der Waals surface area contributed by atoms with Crippen molar-refractivity contribution in [3.63, 3.8) is 0 Å². The Morgan fingerprint density at radius 1 is 1.06 bits per heavy atom. The van der Waals surface area contributed by atoms with Crippen LogP contribution in [0.3, 0.4) is 0 Å². The van der Waals surface area contributed by atoms with Gasteiger partial charge in [0.2, 0.25) is 0 Å². The Kier molecular flexibility index (Phi) is 11.9. The SMILES string of the molecule is CC(C)(C)CCOc1cccc(C2=NC3(CCC(C(C)(C)C)CC3)N([C@H](CCC(C)(C)C)C3=CC=C(C(=O)NCC4=NNNN4)C=CC3)C2O)c1. The Morgan fingerprint density at radius 3 is 2.43 bits per heavy atom. The number of aliphatic imine (C=N–C) groups is 1. The number of aliphatic hydroxyl groups excluding tert-OH is 1. The van der Waals surface area contributed by atoms with Crippen molar-refractivity contribution in [1.82, 2.24) is 26.7 Å². The first-order chi connectivity index (χ1) is 23.9. The van der Waals surface area contributed by atoms with E-state index in [1.807, 2.05) is 30.4 Å². The van der Waals surface area contributed by atoms with Crippen LogP contribution in [0, 0.1) is 22.2 Å². The van der Waals surface area contributed by atoms with Gasteiger partial charge in [0.05, 0.1) is 18.9 Å². The third kappa shape index (κ3) is 10.1. The van der Waals surface area contributed by atoms with Crippen LogP contribution in [0.5, 0.6) is 5.75 Å². The van der Waals surface area contributed by atoms with Gasteiger partial charge >= 0.3 is 0 Å². The van der Waals surface area contributed by atoms with Crippen molar-refractivity contribution in [2.45, 2.75) is 132 Å². The summed E-state index contributed by atoms with van der Waals surface area (Å²) in [5, 5.41) is 19.5. The highest BCUT2D eigenvalue weighted by Crippen LogP contribution is 2.50. The lowest BCUT2D eigenvalue weighted by molar-refractivity contribution is -0.116. The van der Waals surface area contributed by atoms with E-state index in [0.717, 1.165) is 62.0 Å². The van der Waals surface area contributed by atoms with E-state index in [0.29, 0.717) is 30.4 Å². The predicted molar refractivity (Wildman–Crippen MR) is 207 cm³/mol. The van der Waals surface area contributed by atoms with Crippen LogP contribution in [0.4, 0.5) is 0 Å². The second-order valence-electron chi connectivity index (χ2n) is 18.3. The van der Waals surface area contributed by atoms with Crippen LogP contribution in [-0.4, -0.2) is 58.5 Å². The number of allylic oxidation sites excluding steroid dienone is 3. The van der Waals surface area contributed by atoms with Crippen LogP contribution in [0.2, 0.25) is 0 Å². The minimum atomic E-state index is -0.882. The number of hydrogen-bond acceptors (Lipinski definition) is 9.